The summed E-state index contributed by atoms with van der Waals surface area (Å²) in [6.07, 6.45) is 4.65. The highest BCUT2D eigenvalue weighted by Gasteiger charge is 2.38. The van der Waals surface area contributed by atoms with Gasteiger partial charge < -0.3 is 11.1 Å². The Labute approximate surface area is 123 Å². The maximum absolute atomic E-state index is 13.8. The number of hydrogen-bond donors (Lipinski definition) is 2. The molecule has 0 heterocycles. The molecule has 3 N–H and O–H groups in total. The molecule has 21 heavy (non-hydrogen) atoms. The number of nitrogens with one attached hydrogen (secondary N) is 1. The zero-order valence-electron chi connectivity index (χ0n) is 12.3. The van der Waals surface area contributed by atoms with E-state index >= 15 is 0 Å². The topological polar surface area (TPSA) is 55.1 Å². The first-order valence-corrected chi connectivity index (χ1v) is 7.44. The van der Waals surface area contributed by atoms with Crippen molar-refractivity contribution in [2.75, 3.05) is 6.54 Å². The van der Waals surface area contributed by atoms with E-state index in [1.165, 1.54) is 12.1 Å². The standard InChI is InChI=1S/C16H22F2N2O/c1-11(13-6-5-12(17)9-14(13)18)20-15(21)16(10-19)7-3-2-4-8-16/h5-6,9,11H,2-4,7-8,10,19H2,1H3,(H,20,21). The number of carbonyl (C=O) groups is 1. The highest BCUT2D eigenvalue weighted by molar-refractivity contribution is 5.83. The van der Waals surface area contributed by atoms with Gasteiger partial charge in [-0.15, -0.1) is 0 Å². The van der Waals surface area contributed by atoms with E-state index in [4.69, 9.17) is 5.73 Å². The molecular weight excluding hydrogens is 274 g/mol. The van der Waals surface area contributed by atoms with E-state index in [2.05, 4.69) is 5.32 Å². The van der Waals surface area contributed by atoms with Crippen molar-refractivity contribution in [3.63, 3.8) is 0 Å². The summed E-state index contributed by atoms with van der Waals surface area (Å²) in [6, 6.07) is 2.88. The first-order chi connectivity index (χ1) is 9.98. The second-order valence-corrected chi connectivity index (χ2v) is 5.91. The first-order valence-electron chi connectivity index (χ1n) is 7.44. The van der Waals surface area contributed by atoms with E-state index in [9.17, 15) is 13.6 Å². The van der Waals surface area contributed by atoms with Gasteiger partial charge in [0.05, 0.1) is 11.5 Å². The monoisotopic (exact) mass is 296 g/mol. The molecule has 0 radical (unpaired) electrons. The minimum atomic E-state index is -0.645. The Morgan fingerprint density at radius 1 is 1.33 bits per heavy atom. The molecule has 116 valence electrons. The molecule has 1 unspecified atom stereocenters. The van der Waals surface area contributed by atoms with E-state index in [0.29, 0.717) is 6.54 Å². The van der Waals surface area contributed by atoms with Gasteiger partial charge in [-0.2, -0.15) is 0 Å². The molecule has 0 saturated heterocycles. The minimum Gasteiger partial charge on any atom is -0.349 e. The zero-order chi connectivity index (χ0) is 15.5. The third-order valence-corrected chi connectivity index (χ3v) is 4.46. The summed E-state index contributed by atoms with van der Waals surface area (Å²) < 4.78 is 26.7. The number of hydrogen-bond acceptors (Lipinski definition) is 2. The molecule has 1 fully saturated rings. The van der Waals surface area contributed by atoms with Crippen molar-refractivity contribution in [1.29, 1.82) is 0 Å². The third kappa shape index (κ3) is 3.40. The number of carbonyl (C=O) groups excluding carboxylic acids is 1. The maximum atomic E-state index is 13.8. The Kier molecular flexibility index (Phi) is 4.93. The minimum absolute atomic E-state index is 0.124. The molecule has 1 aliphatic rings. The second-order valence-electron chi connectivity index (χ2n) is 5.91. The summed E-state index contributed by atoms with van der Waals surface area (Å²) in [7, 11) is 0. The fraction of sp³-hybridized carbons (Fsp3) is 0.562. The van der Waals surface area contributed by atoms with Crippen LogP contribution in [0.15, 0.2) is 18.2 Å². The number of benzene rings is 1. The number of rotatable bonds is 4. The Bertz CT molecular complexity index is 513. The highest BCUT2D eigenvalue weighted by Crippen LogP contribution is 2.36. The lowest BCUT2D eigenvalue weighted by Crippen LogP contribution is -2.47. The molecule has 3 nitrogen and oxygen atoms in total. The molecule has 1 aliphatic carbocycles. The lowest BCUT2D eigenvalue weighted by molar-refractivity contribution is -0.133. The zero-order valence-corrected chi connectivity index (χ0v) is 12.3. The van der Waals surface area contributed by atoms with Gasteiger partial charge in [-0.3, -0.25) is 4.79 Å². The number of halogens is 2. The quantitative estimate of drug-likeness (QED) is 0.897. The Hall–Kier alpha value is -1.49. The molecular formula is C16H22F2N2O. The molecule has 2 rings (SSSR count). The molecule has 5 heteroatoms. The van der Waals surface area contributed by atoms with Crippen molar-refractivity contribution in [3.8, 4) is 0 Å². The van der Waals surface area contributed by atoms with Crippen LogP contribution in [0, 0.1) is 17.0 Å². The summed E-state index contributed by atoms with van der Waals surface area (Å²) in [5.74, 6) is -1.39. The van der Waals surface area contributed by atoms with Gasteiger partial charge in [-0.25, -0.2) is 8.78 Å². The molecule has 1 aromatic carbocycles. The van der Waals surface area contributed by atoms with E-state index in [-0.39, 0.29) is 11.5 Å². The van der Waals surface area contributed by atoms with Crippen molar-refractivity contribution in [2.45, 2.75) is 45.1 Å². The van der Waals surface area contributed by atoms with Gasteiger partial charge in [0.2, 0.25) is 5.91 Å². The van der Waals surface area contributed by atoms with Crippen LogP contribution in [0.25, 0.3) is 0 Å². The van der Waals surface area contributed by atoms with Crippen LogP contribution in [-0.2, 0) is 4.79 Å². The van der Waals surface area contributed by atoms with Crippen LogP contribution < -0.4 is 11.1 Å². The molecule has 0 spiro atoms. The Morgan fingerprint density at radius 2 is 2.00 bits per heavy atom. The molecule has 1 saturated carbocycles. The number of nitrogens with two attached hydrogens (primary N) is 1. The van der Waals surface area contributed by atoms with Crippen molar-refractivity contribution in [2.24, 2.45) is 11.1 Å². The van der Waals surface area contributed by atoms with Crippen LogP contribution in [0.5, 0.6) is 0 Å². The summed E-state index contributed by atoms with van der Waals surface area (Å²) in [4.78, 5) is 12.5. The van der Waals surface area contributed by atoms with Crippen LogP contribution in [0.2, 0.25) is 0 Å². The van der Waals surface area contributed by atoms with Crippen molar-refractivity contribution < 1.29 is 13.6 Å². The third-order valence-electron chi connectivity index (χ3n) is 4.46. The van der Waals surface area contributed by atoms with Crippen LogP contribution in [0.4, 0.5) is 8.78 Å². The average Bonchev–Trinajstić information content (AvgIpc) is 2.47. The van der Waals surface area contributed by atoms with Crippen LogP contribution in [0.1, 0.15) is 50.6 Å². The van der Waals surface area contributed by atoms with Gasteiger partial charge in [-0.05, 0) is 25.8 Å². The fourth-order valence-electron chi connectivity index (χ4n) is 3.03. The van der Waals surface area contributed by atoms with E-state index in [1.54, 1.807) is 6.92 Å². The van der Waals surface area contributed by atoms with E-state index in [1.807, 2.05) is 0 Å². The molecule has 1 atom stereocenters. The average molecular weight is 296 g/mol. The smallest absolute Gasteiger partial charge is 0.227 e. The molecule has 1 aromatic rings. The normalized spacial score (nSPS) is 19.0. The predicted molar refractivity (Wildman–Crippen MR) is 77.5 cm³/mol. The molecule has 1 amide bonds. The Morgan fingerprint density at radius 3 is 2.57 bits per heavy atom. The number of amides is 1. The molecule has 0 aliphatic heterocycles. The van der Waals surface area contributed by atoms with Gasteiger partial charge in [0, 0.05) is 18.2 Å². The second kappa shape index (κ2) is 6.52. The fourth-order valence-corrected chi connectivity index (χ4v) is 3.03. The SMILES string of the molecule is CC(NC(=O)C1(CN)CCCCC1)c1ccc(F)cc1F. The summed E-state index contributed by atoms with van der Waals surface area (Å²) in [5, 5.41) is 2.84. The van der Waals surface area contributed by atoms with Crippen LogP contribution in [-0.4, -0.2) is 12.5 Å². The van der Waals surface area contributed by atoms with E-state index < -0.39 is 23.1 Å². The van der Waals surface area contributed by atoms with Crippen molar-refractivity contribution >= 4 is 5.91 Å². The first kappa shape index (κ1) is 15.9. The van der Waals surface area contributed by atoms with Gasteiger partial charge in [0.25, 0.3) is 0 Å². The molecule has 0 bridgehead atoms. The lowest BCUT2D eigenvalue weighted by Gasteiger charge is -2.35. The Balaban J connectivity index is 2.10. The van der Waals surface area contributed by atoms with Crippen LogP contribution in [0.3, 0.4) is 0 Å². The molecule has 0 aromatic heterocycles. The highest BCUT2D eigenvalue weighted by atomic mass is 19.1. The van der Waals surface area contributed by atoms with Gasteiger partial charge in [0.1, 0.15) is 11.6 Å². The van der Waals surface area contributed by atoms with Gasteiger partial charge in [0.15, 0.2) is 0 Å². The summed E-state index contributed by atoms with van der Waals surface area (Å²) in [6.45, 7) is 2.00. The van der Waals surface area contributed by atoms with Crippen molar-refractivity contribution in [1.82, 2.24) is 5.32 Å². The lowest BCUT2D eigenvalue weighted by atomic mass is 9.73. The predicted octanol–water partition coefficient (Wildman–Crippen LogP) is 3.05. The maximum Gasteiger partial charge on any atom is 0.227 e. The summed E-state index contributed by atoms with van der Waals surface area (Å²) >= 11 is 0. The van der Waals surface area contributed by atoms with Gasteiger partial charge >= 0.3 is 0 Å². The van der Waals surface area contributed by atoms with Gasteiger partial charge in [-0.1, -0.05) is 25.3 Å². The van der Waals surface area contributed by atoms with Crippen LogP contribution >= 0.6 is 0 Å². The van der Waals surface area contributed by atoms with E-state index in [0.717, 1.165) is 38.2 Å². The van der Waals surface area contributed by atoms with Crippen molar-refractivity contribution in [3.05, 3.63) is 35.4 Å². The largest absolute Gasteiger partial charge is 0.349 e. The summed E-state index contributed by atoms with van der Waals surface area (Å²) in [5.41, 5.74) is 5.57.